The number of pyridine rings is 2. The summed E-state index contributed by atoms with van der Waals surface area (Å²) in [5.41, 5.74) is 5.25. The maximum absolute atomic E-state index is 14.2. The van der Waals surface area contributed by atoms with Crippen molar-refractivity contribution in [1.29, 1.82) is 0 Å². The Bertz CT molecular complexity index is 1770. The van der Waals surface area contributed by atoms with Crippen molar-refractivity contribution in [2.24, 2.45) is 0 Å². The molecule has 0 amide bonds. The van der Waals surface area contributed by atoms with E-state index in [0.29, 0.717) is 42.5 Å². The third-order valence-electron chi connectivity index (χ3n) is 7.78. The van der Waals surface area contributed by atoms with Crippen molar-refractivity contribution >= 4 is 21.8 Å². The Balaban J connectivity index is 1.63. The molecule has 5 aromatic rings. The van der Waals surface area contributed by atoms with Crippen molar-refractivity contribution in [1.82, 2.24) is 19.3 Å². The van der Waals surface area contributed by atoms with Gasteiger partial charge in [0.1, 0.15) is 11.5 Å². The molecule has 0 radical (unpaired) electrons. The van der Waals surface area contributed by atoms with Crippen LogP contribution in [0.2, 0.25) is 0 Å². The molecule has 1 fully saturated rings. The summed E-state index contributed by atoms with van der Waals surface area (Å²) >= 11 is 0. The normalized spacial score (nSPS) is 14.1. The van der Waals surface area contributed by atoms with E-state index >= 15 is 0 Å². The zero-order valence-corrected chi connectivity index (χ0v) is 23.1. The fourth-order valence-corrected chi connectivity index (χ4v) is 5.71. The summed E-state index contributed by atoms with van der Waals surface area (Å²) in [7, 11) is 4.86. The maximum atomic E-state index is 14.2. The van der Waals surface area contributed by atoms with Crippen molar-refractivity contribution in [2.75, 3.05) is 34.5 Å². The van der Waals surface area contributed by atoms with Crippen LogP contribution in [0.25, 0.3) is 32.9 Å². The summed E-state index contributed by atoms with van der Waals surface area (Å²) < 4.78 is 26.1. The van der Waals surface area contributed by atoms with E-state index in [1.54, 1.807) is 38.3 Å². The summed E-state index contributed by atoms with van der Waals surface area (Å²) in [5.74, 6) is 1.88. The second-order valence-electron chi connectivity index (χ2n) is 10.0. The minimum absolute atomic E-state index is 0.106. The first kappa shape index (κ1) is 25.9. The predicted octanol–water partition coefficient (Wildman–Crippen LogP) is 5.15. The lowest BCUT2D eigenvalue weighted by molar-refractivity contribution is 0.0675. The number of aromatic nitrogens is 4. The number of rotatable bonds is 7. The molecule has 3 aromatic heterocycles. The summed E-state index contributed by atoms with van der Waals surface area (Å²) in [6.07, 6.45) is 5.15. The Kier molecular flexibility index (Phi) is 6.89. The Morgan fingerprint density at radius 1 is 0.975 bits per heavy atom. The monoisotopic (exact) mass is 540 g/mol. The summed E-state index contributed by atoms with van der Waals surface area (Å²) in [6.45, 7) is 3.71. The lowest BCUT2D eigenvalue weighted by Crippen LogP contribution is -2.23. The number of hydrogen-bond donors (Lipinski definition) is 0. The van der Waals surface area contributed by atoms with Crippen LogP contribution < -0.4 is 19.8 Å². The molecule has 1 aliphatic heterocycles. The first-order valence-electron chi connectivity index (χ1n) is 13.4. The smallest absolute Gasteiger partial charge is 0.262 e. The number of hydrogen-bond acceptors (Lipinski definition) is 7. The van der Waals surface area contributed by atoms with Crippen LogP contribution in [0.15, 0.2) is 59.7 Å². The van der Waals surface area contributed by atoms with Gasteiger partial charge in [0.15, 0.2) is 0 Å². The average molecular weight is 541 g/mol. The van der Waals surface area contributed by atoms with Gasteiger partial charge in [-0.1, -0.05) is 12.1 Å². The van der Waals surface area contributed by atoms with Crippen LogP contribution >= 0.6 is 0 Å². The predicted molar refractivity (Wildman–Crippen MR) is 154 cm³/mol. The molecule has 4 heterocycles. The van der Waals surface area contributed by atoms with Crippen molar-refractivity contribution in [3.05, 3.63) is 76.3 Å². The van der Waals surface area contributed by atoms with Gasteiger partial charge in [-0.2, -0.15) is 5.10 Å². The van der Waals surface area contributed by atoms with Crippen LogP contribution in [0, 0.1) is 6.92 Å². The molecular formula is C31H32N4O5. The van der Waals surface area contributed by atoms with E-state index in [-0.39, 0.29) is 11.6 Å². The summed E-state index contributed by atoms with van der Waals surface area (Å²) in [5, 5.41) is 6.28. The number of fused-ring (bicyclic) bond motifs is 3. The van der Waals surface area contributed by atoms with E-state index < -0.39 is 0 Å². The zero-order valence-electron chi connectivity index (χ0n) is 23.1. The SMILES string of the molecule is COc1ccc(Cn2c(=O)c3cnn(C4CCOCC4)c3c3ccc(-c4c(C)ccnc4OC)cc32)c(OC)c1. The molecule has 6 rings (SSSR count). The van der Waals surface area contributed by atoms with Gasteiger partial charge in [-0.05, 0) is 55.2 Å². The molecular weight excluding hydrogens is 508 g/mol. The Hall–Kier alpha value is -4.37. The van der Waals surface area contributed by atoms with Crippen LogP contribution in [0.4, 0.5) is 0 Å². The minimum atomic E-state index is -0.106. The highest BCUT2D eigenvalue weighted by molar-refractivity contribution is 6.05. The molecule has 1 aliphatic rings. The first-order chi connectivity index (χ1) is 19.5. The molecule has 2 aromatic carbocycles. The van der Waals surface area contributed by atoms with Crippen LogP contribution in [0.5, 0.6) is 17.4 Å². The van der Waals surface area contributed by atoms with Crippen molar-refractivity contribution in [3.8, 4) is 28.5 Å². The third kappa shape index (κ3) is 4.36. The molecule has 0 unspecified atom stereocenters. The second kappa shape index (κ2) is 10.7. The molecule has 0 N–H and O–H groups in total. The van der Waals surface area contributed by atoms with Gasteiger partial charge in [0.25, 0.3) is 5.56 Å². The minimum Gasteiger partial charge on any atom is -0.497 e. The summed E-state index contributed by atoms with van der Waals surface area (Å²) in [6, 6.07) is 14.0. The van der Waals surface area contributed by atoms with Crippen LogP contribution in [0.3, 0.4) is 0 Å². The van der Waals surface area contributed by atoms with E-state index in [4.69, 9.17) is 24.0 Å². The lowest BCUT2D eigenvalue weighted by atomic mass is 9.99. The van der Waals surface area contributed by atoms with Gasteiger partial charge in [0.2, 0.25) is 5.88 Å². The number of ether oxygens (including phenoxy) is 4. The molecule has 1 saturated heterocycles. The van der Waals surface area contributed by atoms with Crippen molar-refractivity contribution in [3.63, 3.8) is 0 Å². The van der Waals surface area contributed by atoms with E-state index in [0.717, 1.165) is 51.5 Å². The fraction of sp³-hybridized carbons (Fsp3) is 0.323. The van der Waals surface area contributed by atoms with Crippen molar-refractivity contribution < 1.29 is 18.9 Å². The molecule has 9 heteroatoms. The maximum Gasteiger partial charge on any atom is 0.262 e. The standard InChI is InChI=1S/C31H32N4O5/c1-19-9-12-32-30(39-4)28(19)20-6-8-24-26(15-20)34(18-21-5-7-23(37-2)16-27(21)38-3)31(36)25-17-33-35(29(24)25)22-10-13-40-14-11-22/h5-9,12,15-17,22H,10-11,13-14,18H2,1-4H3. The number of benzene rings is 2. The molecule has 9 nitrogen and oxygen atoms in total. The average Bonchev–Trinajstić information content (AvgIpc) is 3.45. The highest BCUT2D eigenvalue weighted by atomic mass is 16.5. The van der Waals surface area contributed by atoms with Crippen molar-refractivity contribution in [2.45, 2.75) is 32.4 Å². The van der Waals surface area contributed by atoms with Crippen LogP contribution in [-0.2, 0) is 11.3 Å². The van der Waals surface area contributed by atoms with Gasteiger partial charge in [0, 0.05) is 42.0 Å². The lowest BCUT2D eigenvalue weighted by Gasteiger charge is -2.24. The van der Waals surface area contributed by atoms with Gasteiger partial charge >= 0.3 is 0 Å². The largest absolute Gasteiger partial charge is 0.497 e. The molecule has 0 saturated carbocycles. The Morgan fingerprint density at radius 2 is 1.80 bits per heavy atom. The van der Waals surface area contributed by atoms with Crippen LogP contribution in [0.1, 0.15) is 30.0 Å². The van der Waals surface area contributed by atoms with E-state index in [2.05, 4.69) is 23.2 Å². The second-order valence-corrected chi connectivity index (χ2v) is 10.0. The van der Waals surface area contributed by atoms with E-state index in [9.17, 15) is 4.79 Å². The molecule has 0 atom stereocenters. The molecule has 0 bridgehead atoms. The first-order valence-corrected chi connectivity index (χ1v) is 13.4. The Labute approximate surface area is 231 Å². The van der Waals surface area contributed by atoms with Gasteiger partial charge in [0.05, 0.1) is 56.5 Å². The fourth-order valence-electron chi connectivity index (χ4n) is 5.71. The third-order valence-corrected chi connectivity index (χ3v) is 7.78. The number of methoxy groups -OCH3 is 3. The zero-order chi connectivity index (χ0) is 27.8. The van der Waals surface area contributed by atoms with Gasteiger partial charge in [-0.3, -0.25) is 9.48 Å². The number of nitrogens with zero attached hydrogens (tertiary/aromatic N) is 4. The topological polar surface area (TPSA) is 89.6 Å². The van der Waals surface area contributed by atoms with Gasteiger partial charge in [-0.15, -0.1) is 0 Å². The van der Waals surface area contributed by atoms with Gasteiger partial charge in [-0.25, -0.2) is 4.98 Å². The highest BCUT2D eigenvalue weighted by Gasteiger charge is 2.23. The highest BCUT2D eigenvalue weighted by Crippen LogP contribution is 2.36. The van der Waals surface area contributed by atoms with Gasteiger partial charge < -0.3 is 23.5 Å². The molecule has 0 spiro atoms. The molecule has 0 aliphatic carbocycles. The number of aryl methyl sites for hydroxylation is 1. The van der Waals surface area contributed by atoms with E-state index in [1.165, 1.54) is 0 Å². The summed E-state index contributed by atoms with van der Waals surface area (Å²) in [4.78, 5) is 18.6. The quantitative estimate of drug-likeness (QED) is 0.282. The molecule has 206 valence electrons. The Morgan fingerprint density at radius 3 is 2.55 bits per heavy atom. The molecule has 40 heavy (non-hydrogen) atoms. The van der Waals surface area contributed by atoms with E-state index in [1.807, 2.05) is 35.9 Å². The van der Waals surface area contributed by atoms with Crippen LogP contribution in [-0.4, -0.2) is 53.9 Å².